The number of thiophene rings is 1. The normalized spacial score (nSPS) is 14.5. The summed E-state index contributed by atoms with van der Waals surface area (Å²) in [5.41, 5.74) is 1.22. The summed E-state index contributed by atoms with van der Waals surface area (Å²) in [6, 6.07) is 0. The Balaban J connectivity index is 2.17. The van der Waals surface area contributed by atoms with Crippen LogP contribution >= 0.6 is 23.1 Å². The standard InChI is InChI=1S/C17H20N2O2S2/c1-3-9-19-16(21)14-12-7-5-4-6-8-13(12)23-15(14)18-17(19)22-10-11(2)20/h3H,1,4-10H2,2H3. The summed E-state index contributed by atoms with van der Waals surface area (Å²) >= 11 is 2.99. The van der Waals surface area contributed by atoms with E-state index in [1.165, 1.54) is 35.0 Å². The van der Waals surface area contributed by atoms with Gasteiger partial charge in [-0.1, -0.05) is 24.3 Å². The lowest BCUT2D eigenvalue weighted by molar-refractivity contribution is -0.114. The van der Waals surface area contributed by atoms with E-state index in [4.69, 9.17) is 4.98 Å². The van der Waals surface area contributed by atoms with Crippen molar-refractivity contribution in [3.63, 3.8) is 0 Å². The first-order chi connectivity index (χ1) is 11.1. The van der Waals surface area contributed by atoms with Gasteiger partial charge in [-0.25, -0.2) is 4.98 Å². The van der Waals surface area contributed by atoms with Gasteiger partial charge in [0.05, 0.1) is 11.1 Å². The maximum absolute atomic E-state index is 13.0. The van der Waals surface area contributed by atoms with Gasteiger partial charge in [0.2, 0.25) is 0 Å². The molecule has 0 radical (unpaired) electrons. The molecule has 2 heterocycles. The maximum atomic E-state index is 13.0. The molecule has 6 heteroatoms. The van der Waals surface area contributed by atoms with Crippen LogP contribution in [-0.2, 0) is 24.2 Å². The lowest BCUT2D eigenvalue weighted by Gasteiger charge is -2.10. The van der Waals surface area contributed by atoms with E-state index in [1.807, 2.05) is 0 Å². The van der Waals surface area contributed by atoms with E-state index in [2.05, 4.69) is 6.58 Å². The molecule has 1 aliphatic carbocycles. The second kappa shape index (κ2) is 7.01. The zero-order valence-electron chi connectivity index (χ0n) is 13.3. The number of hydrogen-bond acceptors (Lipinski definition) is 5. The van der Waals surface area contributed by atoms with E-state index in [-0.39, 0.29) is 11.3 Å². The van der Waals surface area contributed by atoms with E-state index in [0.29, 0.717) is 17.5 Å². The first-order valence-corrected chi connectivity index (χ1v) is 9.70. The molecule has 3 rings (SSSR count). The molecule has 0 spiro atoms. The van der Waals surface area contributed by atoms with Crippen molar-refractivity contribution in [2.45, 2.75) is 50.7 Å². The lowest BCUT2D eigenvalue weighted by atomic mass is 10.1. The molecule has 122 valence electrons. The number of ketones is 1. The van der Waals surface area contributed by atoms with Crippen LogP contribution in [0.3, 0.4) is 0 Å². The number of allylic oxidation sites excluding steroid dienone is 1. The Hall–Kier alpha value is -1.40. The third kappa shape index (κ3) is 3.28. The minimum absolute atomic E-state index is 0.0142. The molecular weight excluding hydrogens is 328 g/mol. The van der Waals surface area contributed by atoms with E-state index >= 15 is 0 Å². The van der Waals surface area contributed by atoms with E-state index in [0.717, 1.165) is 29.5 Å². The van der Waals surface area contributed by atoms with Gasteiger partial charge < -0.3 is 0 Å². The number of nitrogens with zero attached hydrogens (tertiary/aromatic N) is 2. The molecule has 0 saturated heterocycles. The van der Waals surface area contributed by atoms with Crippen molar-refractivity contribution in [1.29, 1.82) is 0 Å². The van der Waals surface area contributed by atoms with Crippen LogP contribution in [0.1, 0.15) is 36.6 Å². The van der Waals surface area contributed by atoms with Crippen LogP contribution in [-0.4, -0.2) is 21.1 Å². The largest absolute Gasteiger partial charge is 0.299 e. The number of carbonyl (C=O) groups excluding carboxylic acids is 1. The topological polar surface area (TPSA) is 52.0 Å². The summed E-state index contributed by atoms with van der Waals surface area (Å²) < 4.78 is 1.65. The number of carbonyl (C=O) groups is 1. The molecule has 0 aliphatic heterocycles. The SMILES string of the molecule is C=CCn1c(SCC(C)=O)nc2sc3c(c2c1=O)CCCCC3. The second-order valence-corrected chi connectivity index (χ2v) is 7.86. The number of aryl methyl sites for hydroxylation is 2. The Morgan fingerprint density at radius 1 is 1.39 bits per heavy atom. The molecule has 23 heavy (non-hydrogen) atoms. The quantitative estimate of drug-likeness (QED) is 0.359. The highest BCUT2D eigenvalue weighted by Gasteiger charge is 2.21. The van der Waals surface area contributed by atoms with Gasteiger partial charge in [-0.3, -0.25) is 14.2 Å². The Bertz CT molecular complexity index is 820. The number of hydrogen-bond donors (Lipinski definition) is 0. The third-order valence-electron chi connectivity index (χ3n) is 4.01. The van der Waals surface area contributed by atoms with E-state index in [1.54, 1.807) is 28.9 Å². The van der Waals surface area contributed by atoms with Gasteiger partial charge in [0, 0.05) is 11.4 Å². The summed E-state index contributed by atoms with van der Waals surface area (Å²) in [4.78, 5) is 31.1. The molecule has 0 N–H and O–H groups in total. The highest BCUT2D eigenvalue weighted by atomic mass is 32.2. The molecule has 0 amide bonds. The minimum atomic E-state index is 0.0142. The number of aromatic nitrogens is 2. The Kier molecular flexibility index (Phi) is 5.02. The number of fused-ring (bicyclic) bond motifs is 3. The van der Waals surface area contributed by atoms with Crippen molar-refractivity contribution < 1.29 is 4.79 Å². The van der Waals surface area contributed by atoms with Crippen LogP contribution in [0.5, 0.6) is 0 Å². The summed E-state index contributed by atoms with van der Waals surface area (Å²) in [7, 11) is 0. The number of Topliss-reactive ketones (excluding diaryl/α,β-unsaturated/α-hetero) is 1. The molecule has 0 unspecified atom stereocenters. The molecule has 2 aromatic heterocycles. The molecule has 0 fully saturated rings. The first-order valence-electron chi connectivity index (χ1n) is 7.90. The van der Waals surface area contributed by atoms with Crippen LogP contribution in [0, 0.1) is 0 Å². The molecule has 0 saturated carbocycles. The van der Waals surface area contributed by atoms with Crippen LogP contribution in [0.4, 0.5) is 0 Å². The monoisotopic (exact) mass is 348 g/mol. The van der Waals surface area contributed by atoms with Gasteiger partial charge in [-0.2, -0.15) is 0 Å². The molecule has 0 bridgehead atoms. The van der Waals surface area contributed by atoms with Gasteiger partial charge in [-0.15, -0.1) is 17.9 Å². The van der Waals surface area contributed by atoms with Crippen molar-refractivity contribution in [3.8, 4) is 0 Å². The van der Waals surface area contributed by atoms with E-state index in [9.17, 15) is 9.59 Å². The summed E-state index contributed by atoms with van der Waals surface area (Å²) in [6.45, 7) is 5.72. The van der Waals surface area contributed by atoms with Gasteiger partial charge in [0.15, 0.2) is 5.16 Å². The van der Waals surface area contributed by atoms with Crippen molar-refractivity contribution in [2.75, 3.05) is 5.75 Å². The minimum Gasteiger partial charge on any atom is -0.299 e. The Morgan fingerprint density at radius 3 is 2.91 bits per heavy atom. The molecule has 0 aromatic carbocycles. The second-order valence-electron chi connectivity index (χ2n) is 5.83. The van der Waals surface area contributed by atoms with Crippen molar-refractivity contribution in [3.05, 3.63) is 33.4 Å². The Labute approximate surface area is 143 Å². The summed E-state index contributed by atoms with van der Waals surface area (Å²) in [5.74, 6) is 0.414. The van der Waals surface area contributed by atoms with Gasteiger partial charge in [0.1, 0.15) is 10.6 Å². The summed E-state index contributed by atoms with van der Waals surface area (Å²) in [6.07, 6.45) is 7.28. The average molecular weight is 348 g/mol. The fraction of sp³-hybridized carbons (Fsp3) is 0.471. The smallest absolute Gasteiger partial charge is 0.263 e. The first kappa shape index (κ1) is 16.5. The van der Waals surface area contributed by atoms with Crippen molar-refractivity contribution in [1.82, 2.24) is 9.55 Å². The van der Waals surface area contributed by atoms with Crippen LogP contribution < -0.4 is 5.56 Å². The highest BCUT2D eigenvalue weighted by molar-refractivity contribution is 7.99. The van der Waals surface area contributed by atoms with E-state index < -0.39 is 0 Å². The fourth-order valence-electron chi connectivity index (χ4n) is 2.96. The molecule has 0 atom stereocenters. The maximum Gasteiger partial charge on any atom is 0.263 e. The predicted molar refractivity (Wildman–Crippen MR) is 96.7 cm³/mol. The zero-order chi connectivity index (χ0) is 16.4. The highest BCUT2D eigenvalue weighted by Crippen LogP contribution is 2.34. The van der Waals surface area contributed by atoms with Crippen molar-refractivity contribution in [2.24, 2.45) is 0 Å². The van der Waals surface area contributed by atoms with Crippen LogP contribution in [0.2, 0.25) is 0 Å². The molecule has 2 aromatic rings. The van der Waals surface area contributed by atoms with Crippen molar-refractivity contribution >= 4 is 39.1 Å². The van der Waals surface area contributed by atoms with Gasteiger partial charge >= 0.3 is 0 Å². The fourth-order valence-corrected chi connectivity index (χ4v) is 5.07. The lowest BCUT2D eigenvalue weighted by Crippen LogP contribution is -2.23. The average Bonchev–Trinajstić information content (AvgIpc) is 2.70. The van der Waals surface area contributed by atoms with Crippen LogP contribution in [0.25, 0.3) is 10.2 Å². The van der Waals surface area contributed by atoms with Gasteiger partial charge in [0.25, 0.3) is 5.56 Å². The predicted octanol–water partition coefficient (Wildman–Crippen LogP) is 3.59. The summed E-state index contributed by atoms with van der Waals surface area (Å²) in [5, 5.41) is 1.41. The molecule has 4 nitrogen and oxygen atoms in total. The number of rotatable bonds is 5. The molecule has 1 aliphatic rings. The number of thioether (sulfide) groups is 1. The third-order valence-corrected chi connectivity index (χ3v) is 6.31. The molecular formula is C17H20N2O2S2. The zero-order valence-corrected chi connectivity index (χ0v) is 14.9. The Morgan fingerprint density at radius 2 is 2.17 bits per heavy atom. The van der Waals surface area contributed by atoms with Crippen LogP contribution in [0.15, 0.2) is 22.6 Å². The van der Waals surface area contributed by atoms with Gasteiger partial charge in [-0.05, 0) is 38.2 Å².